The summed E-state index contributed by atoms with van der Waals surface area (Å²) in [5.41, 5.74) is 22.0. The van der Waals surface area contributed by atoms with E-state index in [0.717, 1.165) is 132 Å². The fourth-order valence-electron chi connectivity index (χ4n) is 10.3. The number of aromatic nitrogens is 10. The largest absolute Gasteiger partial charge is 0.492 e. The van der Waals surface area contributed by atoms with E-state index >= 15 is 0 Å². The van der Waals surface area contributed by atoms with Crippen LogP contribution in [-0.4, -0.2) is 151 Å². The number of imidazole rings is 2. The molecule has 0 saturated carbocycles. The highest BCUT2D eigenvalue weighted by Gasteiger charge is 2.26. The molecular formula is C64H78BrI2N13O12. The Labute approximate surface area is 569 Å². The van der Waals surface area contributed by atoms with Crippen LogP contribution in [0.1, 0.15) is 127 Å². The van der Waals surface area contributed by atoms with E-state index in [2.05, 4.69) is 102 Å². The molecule has 1 amide bonds. The number of amides is 1. The molecule has 5 aliphatic heterocycles. The molecule has 0 bridgehead atoms. The van der Waals surface area contributed by atoms with Gasteiger partial charge in [-0.1, -0.05) is 40.2 Å². The second kappa shape index (κ2) is 36.4. The molecule has 6 aromatic heterocycles. The molecule has 0 aliphatic carbocycles. The van der Waals surface area contributed by atoms with Crippen molar-refractivity contribution in [2.24, 2.45) is 11.7 Å². The zero-order valence-corrected chi connectivity index (χ0v) is 57.9. The molecule has 3 saturated heterocycles. The Morgan fingerprint density at radius 3 is 1.62 bits per heavy atom. The van der Waals surface area contributed by atoms with E-state index in [-0.39, 0.29) is 30.0 Å². The molecule has 28 heteroatoms. The Bertz CT molecular complexity index is 3710. The van der Waals surface area contributed by atoms with Gasteiger partial charge in [-0.2, -0.15) is 19.9 Å². The molecule has 92 heavy (non-hydrogen) atoms. The van der Waals surface area contributed by atoms with E-state index in [1.165, 1.54) is 0 Å². The van der Waals surface area contributed by atoms with Crippen molar-refractivity contribution in [3.05, 3.63) is 126 Å². The number of para-hydroxylation sites is 2. The lowest BCUT2D eigenvalue weighted by atomic mass is 9.97. The number of Topliss-reactive ketones (excluding diaryl/α,β-unsaturated/α-hetero) is 2. The Hall–Kier alpha value is -7.13. The number of hydrogen-bond acceptors (Lipinski definition) is 22. The molecule has 3 fully saturated rings. The number of halogens is 3. The Balaban J connectivity index is 0.000000152. The highest BCUT2D eigenvalue weighted by atomic mass is 127. The van der Waals surface area contributed by atoms with Gasteiger partial charge in [-0.25, -0.2) is 19.9 Å². The molecule has 2 aromatic carbocycles. The number of fused-ring (bicyclic) bond motifs is 4. The molecule has 492 valence electrons. The maximum Gasteiger partial charge on any atom is 0.252 e. The van der Waals surface area contributed by atoms with Crippen LogP contribution in [0.15, 0.2) is 79.6 Å². The smallest absolute Gasteiger partial charge is 0.252 e. The summed E-state index contributed by atoms with van der Waals surface area (Å²) in [7, 11) is 0. The van der Waals surface area contributed by atoms with Crippen molar-refractivity contribution in [2.45, 2.75) is 97.3 Å². The van der Waals surface area contributed by atoms with Gasteiger partial charge >= 0.3 is 0 Å². The van der Waals surface area contributed by atoms with Gasteiger partial charge in [0.25, 0.3) is 5.91 Å². The second-order valence-electron chi connectivity index (χ2n) is 21.1. The topological polar surface area (TPSA) is 324 Å². The minimum absolute atomic E-state index is 0.000575. The summed E-state index contributed by atoms with van der Waals surface area (Å²) in [6, 6.07) is 12.9. The Morgan fingerprint density at radius 2 is 1.08 bits per heavy atom. The number of hydrogen-bond donors (Lipinski definition) is 3. The molecule has 8 aromatic rings. The minimum Gasteiger partial charge on any atom is -0.492 e. The first-order valence-corrected chi connectivity index (χ1v) is 33.9. The van der Waals surface area contributed by atoms with Gasteiger partial charge in [-0.05, 0) is 135 Å². The van der Waals surface area contributed by atoms with Crippen molar-refractivity contribution in [3.8, 4) is 35.0 Å². The SMILES string of the molecule is CCOc1ccnc(N)n1.CCOc1nc(N)ncc1I.CCOc1nc2nc(C3CCOCC3)cn2cc1CC(=O)c1cccc2c1OCC2.CCOc1nc2nc(C3CCOCC3)cn2cc1I.NC(=O)c1cccc2c1OCC2.O=C(CBr)C1CCOCC1. The van der Waals surface area contributed by atoms with Crippen LogP contribution >= 0.6 is 61.1 Å². The van der Waals surface area contributed by atoms with Crippen LogP contribution in [-0.2, 0) is 38.3 Å². The van der Waals surface area contributed by atoms with Gasteiger partial charge in [0.2, 0.25) is 47.0 Å². The highest BCUT2D eigenvalue weighted by Crippen LogP contribution is 2.33. The summed E-state index contributed by atoms with van der Waals surface area (Å²) in [6.45, 7) is 15.9. The predicted octanol–water partition coefficient (Wildman–Crippen LogP) is 9.63. The van der Waals surface area contributed by atoms with Gasteiger partial charge < -0.3 is 59.8 Å². The first kappa shape index (κ1) is 70.7. The van der Waals surface area contributed by atoms with Crippen LogP contribution in [0.5, 0.6) is 35.0 Å². The fraction of sp³-hybridized carbons (Fsp3) is 0.453. The average molecular weight is 1560 g/mol. The number of alkyl halides is 1. The summed E-state index contributed by atoms with van der Waals surface area (Å²) in [5, 5.41) is 0.498. The summed E-state index contributed by atoms with van der Waals surface area (Å²) >= 11 is 7.49. The van der Waals surface area contributed by atoms with E-state index in [4.69, 9.17) is 64.8 Å². The Morgan fingerprint density at radius 1 is 0.576 bits per heavy atom. The van der Waals surface area contributed by atoms with Gasteiger partial charge in [0, 0.05) is 125 Å². The maximum atomic E-state index is 13.1. The third-order valence-corrected chi connectivity index (χ3v) is 16.9. The zero-order valence-electron chi connectivity index (χ0n) is 52.0. The van der Waals surface area contributed by atoms with Crippen molar-refractivity contribution < 1.29 is 57.0 Å². The summed E-state index contributed by atoms with van der Waals surface area (Å²) in [5.74, 6) is 6.43. The summed E-state index contributed by atoms with van der Waals surface area (Å²) in [4.78, 5) is 68.7. The van der Waals surface area contributed by atoms with Crippen LogP contribution in [0.25, 0.3) is 11.6 Å². The summed E-state index contributed by atoms with van der Waals surface area (Å²) in [6.07, 6.45) is 19.0. The third kappa shape index (κ3) is 20.2. The Kier molecular flexibility index (Phi) is 28.0. The second-order valence-corrected chi connectivity index (χ2v) is 24.0. The van der Waals surface area contributed by atoms with Gasteiger partial charge in [-0.15, -0.1) is 0 Å². The molecule has 13 rings (SSSR count). The first-order chi connectivity index (χ1) is 44.7. The number of nitrogen functional groups attached to an aromatic ring is 2. The molecule has 0 radical (unpaired) electrons. The monoisotopic (exact) mass is 1550 g/mol. The molecule has 0 spiro atoms. The zero-order chi connectivity index (χ0) is 65.4. The van der Waals surface area contributed by atoms with E-state index in [1.807, 2.05) is 85.4 Å². The van der Waals surface area contributed by atoms with Gasteiger partial charge in [0.05, 0.1) is 74.6 Å². The van der Waals surface area contributed by atoms with Crippen LogP contribution < -0.4 is 45.6 Å². The molecule has 0 atom stereocenters. The predicted molar refractivity (Wildman–Crippen MR) is 365 cm³/mol. The quantitative estimate of drug-likeness (QED) is 0.0460. The number of benzene rings is 2. The molecule has 5 aliphatic rings. The van der Waals surface area contributed by atoms with Crippen molar-refractivity contribution in [1.29, 1.82) is 0 Å². The molecular weight excluding hydrogens is 1480 g/mol. The van der Waals surface area contributed by atoms with E-state index in [9.17, 15) is 14.4 Å². The summed E-state index contributed by atoms with van der Waals surface area (Å²) < 4.78 is 54.3. The number of nitrogens with two attached hydrogens (primary N) is 3. The number of ether oxygens (including phenoxy) is 9. The highest BCUT2D eigenvalue weighted by molar-refractivity contribution is 14.1. The number of carbonyl (C=O) groups is 3. The average Bonchev–Trinajstić information content (AvgIpc) is 1.68. The van der Waals surface area contributed by atoms with Gasteiger partial charge in [0.15, 0.2) is 5.78 Å². The fourth-order valence-corrected chi connectivity index (χ4v) is 11.7. The van der Waals surface area contributed by atoms with Crippen molar-refractivity contribution in [3.63, 3.8) is 0 Å². The number of nitrogens with zero attached hydrogens (tertiary/aromatic N) is 10. The lowest BCUT2D eigenvalue weighted by Crippen LogP contribution is -2.23. The number of rotatable bonds is 16. The molecule has 25 nitrogen and oxygen atoms in total. The van der Waals surface area contributed by atoms with Crippen LogP contribution in [0, 0.1) is 13.1 Å². The number of ketones is 2. The molecule has 6 N–H and O–H groups in total. The van der Waals surface area contributed by atoms with E-state index in [1.54, 1.807) is 24.5 Å². The van der Waals surface area contributed by atoms with Crippen molar-refractivity contribution in [1.82, 2.24) is 48.7 Å². The lowest BCUT2D eigenvalue weighted by Gasteiger charge is -2.19. The molecule has 0 unspecified atom stereocenters. The van der Waals surface area contributed by atoms with Crippen LogP contribution in [0.3, 0.4) is 0 Å². The molecule has 11 heterocycles. The first-order valence-electron chi connectivity index (χ1n) is 30.7. The third-order valence-electron chi connectivity index (χ3n) is 14.8. The van der Waals surface area contributed by atoms with Gasteiger partial charge in [-0.3, -0.25) is 23.2 Å². The van der Waals surface area contributed by atoms with E-state index in [0.29, 0.717) is 115 Å². The van der Waals surface area contributed by atoms with Crippen molar-refractivity contribution in [2.75, 3.05) is 96.1 Å². The van der Waals surface area contributed by atoms with Crippen LogP contribution in [0.4, 0.5) is 11.9 Å². The van der Waals surface area contributed by atoms with E-state index < -0.39 is 5.91 Å². The normalized spacial score (nSPS) is 15.1. The standard InChI is InChI=1S/C23H25N3O4.C13H16IN3O2.C9H9NO2.C7H11BrO2.C6H8IN3O.C6H9N3O/c1-2-29-22-17(12-20(27)18-5-3-4-16-8-11-30-21(16)18)13-26-14-19(24-23(26)25-22)15-6-9-28-10-7-15;1-2-19-12-10(14)7-17-8-11(15-13(17)16-12)9-3-5-18-6-4-9;10-9(11)7-3-1-2-6-4-5-12-8(6)7;8-5-7(9)6-1-3-10-4-2-6;1-2-11-5-4(7)3-9-6(8)10-5;1-2-10-5-3-4-8-6(7)9-5/h3-5,13-15H,2,6-12H2,1H3;7-9H,2-6H2,1H3;1-3H,4-5H2,(H2,10,11);6H,1-5H2;3H,2H2,1H3,(H2,8,9,10);3-4H,2H2,1H3,(H2,7,8,9). The lowest BCUT2D eigenvalue weighted by molar-refractivity contribution is -0.122. The maximum absolute atomic E-state index is 13.1. The number of primary amides is 1. The van der Waals surface area contributed by atoms with Crippen LogP contribution in [0.2, 0.25) is 0 Å². The minimum atomic E-state index is -0.422. The van der Waals surface area contributed by atoms with Gasteiger partial charge in [0.1, 0.15) is 17.3 Å². The van der Waals surface area contributed by atoms with Crippen molar-refractivity contribution >= 4 is 102 Å². The number of anilines is 2. The number of carbonyl (C=O) groups excluding carboxylic acids is 3.